The SMILES string of the molecule is Oc1ccc(Cc2cc([C@@H]3O[C@H](COCC(F)(F)F)[C@@H](O)[C@H](O)[C@H]3O)ccc2Cl)cc1. The Morgan fingerprint density at radius 1 is 0.968 bits per heavy atom. The van der Waals surface area contributed by atoms with E-state index >= 15 is 0 Å². The van der Waals surface area contributed by atoms with Crippen LogP contribution in [0.1, 0.15) is 22.8 Å². The fourth-order valence-corrected chi connectivity index (χ4v) is 3.58. The van der Waals surface area contributed by atoms with Gasteiger partial charge in [0.05, 0.1) is 6.61 Å². The Balaban J connectivity index is 1.78. The average molecular weight is 463 g/mol. The number of rotatable bonds is 6. The number of aromatic hydroxyl groups is 1. The summed E-state index contributed by atoms with van der Waals surface area (Å²) in [7, 11) is 0. The Morgan fingerprint density at radius 2 is 1.65 bits per heavy atom. The molecule has 1 fully saturated rings. The van der Waals surface area contributed by atoms with Gasteiger partial charge in [0.1, 0.15) is 42.9 Å². The smallest absolute Gasteiger partial charge is 0.411 e. The summed E-state index contributed by atoms with van der Waals surface area (Å²) in [6.45, 7) is -2.14. The zero-order chi connectivity index (χ0) is 22.8. The molecule has 1 aliphatic heterocycles. The minimum absolute atomic E-state index is 0.119. The van der Waals surface area contributed by atoms with Gasteiger partial charge in [-0.1, -0.05) is 35.9 Å². The van der Waals surface area contributed by atoms with Gasteiger partial charge in [0.25, 0.3) is 0 Å². The van der Waals surface area contributed by atoms with E-state index in [0.717, 1.165) is 5.56 Å². The van der Waals surface area contributed by atoms with E-state index in [0.29, 0.717) is 22.6 Å². The molecule has 6 nitrogen and oxygen atoms in total. The number of phenolic OH excluding ortho intramolecular Hbond substituents is 1. The van der Waals surface area contributed by atoms with Crippen LogP contribution in [0.4, 0.5) is 13.2 Å². The van der Waals surface area contributed by atoms with Gasteiger partial charge in [0.2, 0.25) is 0 Å². The maximum atomic E-state index is 12.3. The quantitative estimate of drug-likeness (QED) is 0.527. The summed E-state index contributed by atoms with van der Waals surface area (Å²) in [6, 6.07) is 11.3. The zero-order valence-corrected chi connectivity index (χ0v) is 16.9. The molecule has 1 saturated heterocycles. The molecule has 4 N–H and O–H groups in total. The molecular weight excluding hydrogens is 441 g/mol. The molecule has 0 saturated carbocycles. The first-order chi connectivity index (χ1) is 14.5. The minimum atomic E-state index is -4.55. The van der Waals surface area contributed by atoms with E-state index < -0.39 is 49.9 Å². The van der Waals surface area contributed by atoms with Crippen LogP contribution in [0, 0.1) is 0 Å². The van der Waals surface area contributed by atoms with Crippen molar-refractivity contribution in [2.75, 3.05) is 13.2 Å². The van der Waals surface area contributed by atoms with E-state index in [2.05, 4.69) is 4.74 Å². The first-order valence-corrected chi connectivity index (χ1v) is 9.83. The number of alkyl halides is 3. The molecule has 3 rings (SSSR count). The summed E-state index contributed by atoms with van der Waals surface area (Å²) in [5, 5.41) is 40.5. The lowest BCUT2D eigenvalue weighted by atomic mass is 9.90. The van der Waals surface area contributed by atoms with E-state index in [1.165, 1.54) is 12.1 Å². The van der Waals surface area contributed by atoms with Crippen LogP contribution in [0.5, 0.6) is 5.75 Å². The van der Waals surface area contributed by atoms with Gasteiger partial charge in [-0.2, -0.15) is 13.2 Å². The van der Waals surface area contributed by atoms with Crippen molar-refractivity contribution in [1.82, 2.24) is 0 Å². The maximum absolute atomic E-state index is 12.3. The van der Waals surface area contributed by atoms with Crippen molar-refractivity contribution in [2.45, 2.75) is 43.1 Å². The molecule has 1 heterocycles. The number of phenols is 1. The highest BCUT2D eigenvalue weighted by molar-refractivity contribution is 6.31. The number of hydrogen-bond acceptors (Lipinski definition) is 6. The topological polar surface area (TPSA) is 99.4 Å². The summed E-state index contributed by atoms with van der Waals surface area (Å²) >= 11 is 6.28. The normalized spacial score (nSPS) is 26.7. The number of hydrogen-bond donors (Lipinski definition) is 4. The highest BCUT2D eigenvalue weighted by atomic mass is 35.5. The van der Waals surface area contributed by atoms with E-state index in [9.17, 15) is 33.6 Å². The Bertz CT molecular complexity index is 876. The first kappa shape index (κ1) is 23.8. The van der Waals surface area contributed by atoms with Crippen LogP contribution in [0.2, 0.25) is 5.02 Å². The van der Waals surface area contributed by atoms with Gasteiger partial charge in [-0.15, -0.1) is 0 Å². The van der Waals surface area contributed by atoms with Gasteiger partial charge in [0.15, 0.2) is 0 Å². The van der Waals surface area contributed by atoms with Crippen LogP contribution in [-0.2, 0) is 15.9 Å². The lowest BCUT2D eigenvalue weighted by Gasteiger charge is -2.41. The Morgan fingerprint density at radius 3 is 2.29 bits per heavy atom. The second-order valence-corrected chi connectivity index (χ2v) is 7.80. The molecule has 10 heteroatoms. The number of ether oxygens (including phenoxy) is 2. The van der Waals surface area contributed by atoms with Crippen LogP contribution in [0.3, 0.4) is 0 Å². The minimum Gasteiger partial charge on any atom is -0.508 e. The Labute approximate surface area is 181 Å². The fraction of sp³-hybridized carbons (Fsp3) is 0.429. The molecule has 0 bridgehead atoms. The van der Waals surface area contributed by atoms with E-state index in [-0.39, 0.29) is 5.75 Å². The van der Waals surface area contributed by atoms with Gasteiger partial charge in [-0.3, -0.25) is 0 Å². The summed E-state index contributed by atoms with van der Waals surface area (Å²) in [4.78, 5) is 0. The van der Waals surface area contributed by atoms with Crippen molar-refractivity contribution in [3.63, 3.8) is 0 Å². The molecular formula is C21H22ClF3O6. The molecule has 2 aromatic carbocycles. The third-order valence-electron chi connectivity index (χ3n) is 4.99. The monoisotopic (exact) mass is 462 g/mol. The van der Waals surface area contributed by atoms with Crippen molar-refractivity contribution in [2.24, 2.45) is 0 Å². The van der Waals surface area contributed by atoms with Crippen LogP contribution >= 0.6 is 11.6 Å². The second-order valence-electron chi connectivity index (χ2n) is 7.39. The number of halogens is 4. The molecule has 0 aromatic heterocycles. The number of benzene rings is 2. The van der Waals surface area contributed by atoms with Gasteiger partial charge in [-0.05, 0) is 41.3 Å². The standard InChI is InChI=1S/C21H22ClF3O6/c22-15-6-3-12(8-13(15)7-11-1-4-14(26)5-2-11)20-19(29)18(28)17(27)16(31-20)9-30-10-21(23,24)25/h1-6,8,16-20,26-29H,7,9-10H2/t16-,17-,18+,19-,20+/m1/s1. The molecule has 1 aliphatic rings. The van der Waals surface area contributed by atoms with Gasteiger partial charge < -0.3 is 29.9 Å². The molecule has 170 valence electrons. The molecule has 0 aliphatic carbocycles. The summed E-state index contributed by atoms with van der Waals surface area (Å²) in [5.41, 5.74) is 1.96. The molecule has 0 radical (unpaired) electrons. The third-order valence-corrected chi connectivity index (χ3v) is 5.36. The summed E-state index contributed by atoms with van der Waals surface area (Å²) < 4.78 is 47.2. The highest BCUT2D eigenvalue weighted by Gasteiger charge is 2.44. The summed E-state index contributed by atoms with van der Waals surface area (Å²) in [5.74, 6) is 0.119. The van der Waals surface area contributed by atoms with Crippen LogP contribution in [0.25, 0.3) is 0 Å². The van der Waals surface area contributed by atoms with Crippen LogP contribution in [0.15, 0.2) is 42.5 Å². The predicted molar refractivity (Wildman–Crippen MR) is 105 cm³/mol. The van der Waals surface area contributed by atoms with Crippen LogP contribution in [-0.4, -0.2) is 64.2 Å². The van der Waals surface area contributed by atoms with Gasteiger partial charge in [-0.25, -0.2) is 0 Å². The van der Waals surface area contributed by atoms with E-state index in [4.69, 9.17) is 16.3 Å². The zero-order valence-electron chi connectivity index (χ0n) is 16.2. The Hall–Kier alpha value is -1.88. The first-order valence-electron chi connectivity index (χ1n) is 9.45. The molecule has 0 unspecified atom stereocenters. The van der Waals surface area contributed by atoms with Crippen molar-refractivity contribution in [1.29, 1.82) is 0 Å². The lowest BCUT2D eigenvalue weighted by Crippen LogP contribution is -2.55. The van der Waals surface area contributed by atoms with E-state index in [1.807, 2.05) is 0 Å². The van der Waals surface area contributed by atoms with Crippen molar-refractivity contribution in [3.05, 3.63) is 64.2 Å². The lowest BCUT2D eigenvalue weighted by molar-refractivity contribution is -0.244. The maximum Gasteiger partial charge on any atom is 0.411 e. The molecule has 5 atom stereocenters. The van der Waals surface area contributed by atoms with Gasteiger partial charge >= 0.3 is 6.18 Å². The molecule has 0 spiro atoms. The van der Waals surface area contributed by atoms with Crippen molar-refractivity contribution < 1.29 is 43.1 Å². The van der Waals surface area contributed by atoms with E-state index in [1.54, 1.807) is 30.3 Å². The van der Waals surface area contributed by atoms with Crippen molar-refractivity contribution in [3.8, 4) is 5.75 Å². The summed E-state index contributed by atoms with van der Waals surface area (Å²) in [6.07, 6.45) is -11.3. The highest BCUT2D eigenvalue weighted by Crippen LogP contribution is 2.35. The molecule has 2 aromatic rings. The van der Waals surface area contributed by atoms with Crippen molar-refractivity contribution >= 4 is 11.6 Å². The third kappa shape index (κ3) is 6.09. The second kappa shape index (κ2) is 9.72. The molecule has 0 amide bonds. The van der Waals surface area contributed by atoms with Gasteiger partial charge in [0, 0.05) is 5.02 Å². The Kier molecular flexibility index (Phi) is 7.46. The molecule has 31 heavy (non-hydrogen) atoms. The largest absolute Gasteiger partial charge is 0.508 e. The fourth-order valence-electron chi connectivity index (χ4n) is 3.40. The number of aliphatic hydroxyl groups is 3. The predicted octanol–water partition coefficient (Wildman–Crippen LogP) is 2.74. The van der Waals surface area contributed by atoms with Crippen LogP contribution < -0.4 is 0 Å². The average Bonchev–Trinajstić information content (AvgIpc) is 2.70. The number of aliphatic hydroxyl groups excluding tert-OH is 3.